The van der Waals surface area contributed by atoms with Crippen molar-refractivity contribution in [2.45, 2.75) is 12.5 Å². The van der Waals surface area contributed by atoms with E-state index in [2.05, 4.69) is 4.99 Å². The van der Waals surface area contributed by atoms with Gasteiger partial charge >= 0.3 is 0 Å². The lowest BCUT2D eigenvalue weighted by Gasteiger charge is -2.05. The largest absolute Gasteiger partial charge is 0.368 e. The molecule has 0 radical (unpaired) electrons. The van der Waals surface area contributed by atoms with Crippen molar-refractivity contribution in [2.75, 3.05) is 0 Å². The highest BCUT2D eigenvalue weighted by Crippen LogP contribution is 2.04. The van der Waals surface area contributed by atoms with Gasteiger partial charge in [-0.1, -0.05) is 30.3 Å². The Morgan fingerprint density at radius 1 is 1.43 bits per heavy atom. The molecule has 0 unspecified atom stereocenters. The summed E-state index contributed by atoms with van der Waals surface area (Å²) in [6.45, 7) is 0. The molecule has 0 bridgehead atoms. The van der Waals surface area contributed by atoms with Gasteiger partial charge in [0.05, 0.1) is 0 Å². The van der Waals surface area contributed by atoms with Crippen LogP contribution in [0.5, 0.6) is 0 Å². The number of nitrogens with zero attached hydrogens (tertiary/aromatic N) is 1. The van der Waals surface area contributed by atoms with Gasteiger partial charge < -0.3 is 5.73 Å². The number of benzene rings is 1. The van der Waals surface area contributed by atoms with E-state index in [1.807, 2.05) is 30.3 Å². The molecule has 1 amide bonds. The Balaban J connectivity index is 2.75. The van der Waals surface area contributed by atoms with Crippen LogP contribution in [0.2, 0.25) is 0 Å². The molecule has 0 spiro atoms. The van der Waals surface area contributed by atoms with Gasteiger partial charge in [0.15, 0.2) is 0 Å². The molecule has 0 aliphatic carbocycles. The highest BCUT2D eigenvalue weighted by atomic mass is 16.1. The van der Waals surface area contributed by atoms with Gasteiger partial charge in [-0.15, -0.1) is 0 Å². The molecule has 1 aromatic carbocycles. The van der Waals surface area contributed by atoms with Crippen LogP contribution in [0, 0.1) is 0 Å². The normalized spacial score (nSPS) is 11.4. The summed E-state index contributed by atoms with van der Waals surface area (Å²) in [6.07, 6.45) is 1.68. The molecule has 0 aromatic heterocycles. The van der Waals surface area contributed by atoms with E-state index in [9.17, 15) is 9.59 Å². The molecule has 1 rings (SSSR count). The molecule has 4 heteroatoms. The standard InChI is InChI=1S/C10H10N2O2/c11-10(14)9(12-7-13)6-8-4-2-1-3-5-8/h1-5,9H,6H2,(H2,11,14)/t9-/m0/s1. The molecule has 0 aliphatic rings. The molecule has 72 valence electrons. The lowest BCUT2D eigenvalue weighted by molar-refractivity contribution is -0.119. The first-order valence-electron chi connectivity index (χ1n) is 4.14. The van der Waals surface area contributed by atoms with Gasteiger partial charge in [0.1, 0.15) is 6.04 Å². The van der Waals surface area contributed by atoms with Crippen LogP contribution < -0.4 is 5.73 Å². The lowest BCUT2D eigenvalue weighted by atomic mass is 10.1. The summed E-state index contributed by atoms with van der Waals surface area (Å²) >= 11 is 0. The number of isocyanates is 1. The molecule has 0 saturated carbocycles. The summed E-state index contributed by atoms with van der Waals surface area (Å²) in [5.74, 6) is -0.614. The summed E-state index contributed by atoms with van der Waals surface area (Å²) in [5, 5.41) is 0. The third-order valence-corrected chi connectivity index (χ3v) is 1.81. The van der Waals surface area contributed by atoms with Crippen LogP contribution in [0.4, 0.5) is 0 Å². The molecule has 2 N–H and O–H groups in total. The van der Waals surface area contributed by atoms with Crippen LogP contribution in [-0.2, 0) is 16.0 Å². The predicted octanol–water partition coefficient (Wildman–Crippen LogP) is 0.419. The van der Waals surface area contributed by atoms with Crippen molar-refractivity contribution in [3.63, 3.8) is 0 Å². The Bertz CT molecular complexity index is 354. The van der Waals surface area contributed by atoms with Crippen molar-refractivity contribution in [3.05, 3.63) is 35.9 Å². The molecule has 4 nitrogen and oxygen atoms in total. The van der Waals surface area contributed by atoms with Gasteiger partial charge in [-0.2, -0.15) is 4.99 Å². The molecule has 1 atom stereocenters. The van der Waals surface area contributed by atoms with E-state index in [1.165, 1.54) is 6.08 Å². The zero-order chi connectivity index (χ0) is 10.4. The SMILES string of the molecule is NC(=O)[C@H](Cc1ccccc1)N=C=O. The molecule has 0 aliphatic heterocycles. The van der Waals surface area contributed by atoms with E-state index in [-0.39, 0.29) is 0 Å². The van der Waals surface area contributed by atoms with Crippen LogP contribution in [0.3, 0.4) is 0 Å². The second-order valence-electron chi connectivity index (χ2n) is 2.83. The number of carbonyl (C=O) groups is 1. The van der Waals surface area contributed by atoms with E-state index in [0.29, 0.717) is 6.42 Å². The fraction of sp³-hybridized carbons (Fsp3) is 0.200. The highest BCUT2D eigenvalue weighted by molar-refractivity contribution is 5.81. The Labute approximate surface area is 81.4 Å². The molecule has 1 aromatic rings. The zero-order valence-corrected chi connectivity index (χ0v) is 7.51. The molecular formula is C10H10N2O2. The highest BCUT2D eigenvalue weighted by Gasteiger charge is 2.13. The molecule has 0 saturated heterocycles. The Morgan fingerprint density at radius 3 is 2.57 bits per heavy atom. The van der Waals surface area contributed by atoms with E-state index in [0.717, 1.165) is 5.56 Å². The molecule has 0 heterocycles. The van der Waals surface area contributed by atoms with Crippen LogP contribution in [-0.4, -0.2) is 18.0 Å². The topological polar surface area (TPSA) is 72.5 Å². The van der Waals surface area contributed by atoms with Crippen molar-refractivity contribution in [1.82, 2.24) is 0 Å². The average Bonchev–Trinajstić information content (AvgIpc) is 2.18. The van der Waals surface area contributed by atoms with Gasteiger partial charge in [0.25, 0.3) is 0 Å². The Morgan fingerprint density at radius 2 is 2.07 bits per heavy atom. The van der Waals surface area contributed by atoms with Crippen LogP contribution >= 0.6 is 0 Å². The maximum absolute atomic E-state index is 10.8. The van der Waals surface area contributed by atoms with E-state index in [1.54, 1.807) is 0 Å². The first kappa shape index (κ1) is 10.2. The predicted molar refractivity (Wildman–Crippen MR) is 51.2 cm³/mol. The van der Waals surface area contributed by atoms with Crippen molar-refractivity contribution in [3.8, 4) is 0 Å². The van der Waals surface area contributed by atoms with E-state index in [4.69, 9.17) is 5.73 Å². The quantitative estimate of drug-likeness (QED) is 0.552. The summed E-state index contributed by atoms with van der Waals surface area (Å²) < 4.78 is 0. The minimum absolute atomic E-state index is 0.339. The van der Waals surface area contributed by atoms with Crippen LogP contribution in [0.25, 0.3) is 0 Å². The summed E-state index contributed by atoms with van der Waals surface area (Å²) in [4.78, 5) is 24.2. The van der Waals surface area contributed by atoms with Gasteiger partial charge in [-0.05, 0) is 5.56 Å². The number of primary amides is 1. The van der Waals surface area contributed by atoms with Gasteiger partial charge in [-0.25, -0.2) is 4.79 Å². The maximum atomic E-state index is 10.8. The van der Waals surface area contributed by atoms with E-state index < -0.39 is 11.9 Å². The number of hydrogen-bond donors (Lipinski definition) is 1. The second-order valence-corrected chi connectivity index (χ2v) is 2.83. The minimum Gasteiger partial charge on any atom is -0.368 e. The summed E-state index contributed by atoms with van der Waals surface area (Å²) in [7, 11) is 0. The molecule has 14 heavy (non-hydrogen) atoms. The average molecular weight is 190 g/mol. The number of hydrogen-bond acceptors (Lipinski definition) is 3. The fourth-order valence-corrected chi connectivity index (χ4v) is 1.11. The number of carbonyl (C=O) groups excluding carboxylic acids is 2. The maximum Gasteiger partial charge on any atom is 0.243 e. The van der Waals surface area contributed by atoms with Gasteiger partial charge in [0.2, 0.25) is 12.0 Å². The fourth-order valence-electron chi connectivity index (χ4n) is 1.11. The Kier molecular flexibility index (Phi) is 3.58. The van der Waals surface area contributed by atoms with Crippen molar-refractivity contribution in [1.29, 1.82) is 0 Å². The second kappa shape index (κ2) is 4.94. The first-order valence-corrected chi connectivity index (χ1v) is 4.14. The third-order valence-electron chi connectivity index (χ3n) is 1.81. The van der Waals surface area contributed by atoms with Crippen LogP contribution in [0.1, 0.15) is 5.56 Å². The zero-order valence-electron chi connectivity index (χ0n) is 7.51. The number of aliphatic imine (C=N–C) groups is 1. The molecular weight excluding hydrogens is 180 g/mol. The van der Waals surface area contributed by atoms with Crippen molar-refractivity contribution < 1.29 is 9.59 Å². The van der Waals surface area contributed by atoms with Crippen molar-refractivity contribution >= 4 is 12.0 Å². The number of rotatable bonds is 4. The number of nitrogens with two attached hydrogens (primary N) is 1. The smallest absolute Gasteiger partial charge is 0.243 e. The van der Waals surface area contributed by atoms with Gasteiger partial charge in [0, 0.05) is 6.42 Å². The lowest BCUT2D eigenvalue weighted by Crippen LogP contribution is -2.28. The monoisotopic (exact) mass is 190 g/mol. The Hall–Kier alpha value is -1.93. The summed E-state index contributed by atoms with van der Waals surface area (Å²) in [6, 6.07) is 8.43. The first-order chi connectivity index (χ1) is 6.74. The third kappa shape index (κ3) is 2.84. The van der Waals surface area contributed by atoms with Crippen LogP contribution in [0.15, 0.2) is 35.3 Å². The molecule has 0 fully saturated rings. The number of amides is 1. The summed E-state index contributed by atoms with van der Waals surface area (Å²) in [5.41, 5.74) is 5.97. The van der Waals surface area contributed by atoms with Gasteiger partial charge in [-0.3, -0.25) is 4.79 Å². The minimum atomic E-state index is -0.810. The van der Waals surface area contributed by atoms with Crippen molar-refractivity contribution in [2.24, 2.45) is 10.7 Å². The van der Waals surface area contributed by atoms with E-state index >= 15 is 0 Å².